The standard InChI is InChI=1S/C32H29F5N6O3S/c1-19(2)25-13-4-20(3)16-26(25)43-27(44)17-47-30(43)40-29(45)38-15-14-21-5-7-22(8-6-21)28-39-18-42(41-28)23-9-11-24(12-10-23)46-32(36,37)31(33,34)35/h4-13,16,18-19H,14-15,17H2,1-3H3,(H,38,45). The van der Waals surface area contributed by atoms with E-state index < -0.39 is 24.1 Å². The molecule has 9 nitrogen and oxygen atoms in total. The molecule has 1 aliphatic heterocycles. The predicted octanol–water partition coefficient (Wildman–Crippen LogP) is 7.29. The minimum Gasteiger partial charge on any atom is -0.426 e. The van der Waals surface area contributed by atoms with Gasteiger partial charge in [0.25, 0.3) is 0 Å². The van der Waals surface area contributed by atoms with Crippen LogP contribution in [0.15, 0.2) is 78.0 Å². The molecule has 15 heteroatoms. The molecule has 47 heavy (non-hydrogen) atoms. The van der Waals surface area contributed by atoms with Crippen molar-refractivity contribution < 1.29 is 36.3 Å². The molecule has 246 valence electrons. The van der Waals surface area contributed by atoms with E-state index in [-0.39, 0.29) is 17.6 Å². The lowest BCUT2D eigenvalue weighted by atomic mass is 9.99. The van der Waals surface area contributed by atoms with E-state index in [4.69, 9.17) is 0 Å². The summed E-state index contributed by atoms with van der Waals surface area (Å²) in [6, 6.07) is 17.1. The molecule has 0 atom stereocenters. The largest absolute Gasteiger partial charge is 0.499 e. The number of amidine groups is 1. The summed E-state index contributed by atoms with van der Waals surface area (Å²) in [5, 5.41) is 7.46. The van der Waals surface area contributed by atoms with Crippen molar-refractivity contribution in [1.29, 1.82) is 0 Å². The number of nitrogens with zero attached hydrogens (tertiary/aromatic N) is 5. The maximum absolute atomic E-state index is 13.1. The Morgan fingerprint density at radius 3 is 2.40 bits per heavy atom. The minimum absolute atomic E-state index is 0.131. The van der Waals surface area contributed by atoms with Crippen LogP contribution < -0.4 is 15.0 Å². The lowest BCUT2D eigenvalue weighted by Gasteiger charge is -2.22. The van der Waals surface area contributed by atoms with Crippen LogP contribution in [0.1, 0.15) is 36.5 Å². The fraction of sp³-hybridized carbons (Fsp3) is 0.281. The summed E-state index contributed by atoms with van der Waals surface area (Å²) in [5.74, 6) is -0.0640. The topological polar surface area (TPSA) is 102 Å². The van der Waals surface area contributed by atoms with Gasteiger partial charge in [-0.2, -0.15) is 26.9 Å². The number of anilines is 1. The average molecular weight is 673 g/mol. The van der Waals surface area contributed by atoms with E-state index in [9.17, 15) is 31.5 Å². The molecule has 5 rings (SSSR count). The fourth-order valence-corrected chi connectivity index (χ4v) is 5.53. The molecule has 0 saturated carbocycles. The van der Waals surface area contributed by atoms with E-state index >= 15 is 0 Å². The van der Waals surface area contributed by atoms with Gasteiger partial charge in [0.15, 0.2) is 11.0 Å². The highest BCUT2D eigenvalue weighted by Gasteiger charge is 2.61. The quantitative estimate of drug-likeness (QED) is 0.188. The van der Waals surface area contributed by atoms with E-state index in [0.717, 1.165) is 34.5 Å². The molecule has 1 fully saturated rings. The number of aromatic nitrogens is 3. The van der Waals surface area contributed by atoms with Gasteiger partial charge in [-0.15, -0.1) is 5.10 Å². The Bertz CT molecular complexity index is 1790. The van der Waals surface area contributed by atoms with Crippen molar-refractivity contribution in [2.45, 2.75) is 45.4 Å². The number of carbonyl (C=O) groups is 2. The molecule has 4 aromatic rings. The molecular weight excluding hydrogens is 643 g/mol. The number of aryl methyl sites for hydroxylation is 1. The smallest absolute Gasteiger partial charge is 0.426 e. The van der Waals surface area contributed by atoms with Crippen LogP contribution in [0.5, 0.6) is 5.75 Å². The number of rotatable bonds is 9. The molecule has 2 heterocycles. The maximum Gasteiger partial charge on any atom is 0.499 e. The van der Waals surface area contributed by atoms with Gasteiger partial charge < -0.3 is 10.1 Å². The highest BCUT2D eigenvalue weighted by Crippen LogP contribution is 2.37. The molecule has 3 amide bonds. The first-order valence-electron chi connectivity index (χ1n) is 14.4. The van der Waals surface area contributed by atoms with Crippen LogP contribution in [-0.2, 0) is 11.2 Å². The van der Waals surface area contributed by atoms with Gasteiger partial charge in [0, 0.05) is 12.1 Å². The van der Waals surface area contributed by atoms with Crippen LogP contribution in [0, 0.1) is 6.92 Å². The first-order chi connectivity index (χ1) is 22.2. The van der Waals surface area contributed by atoms with E-state index in [1.807, 2.05) is 51.1 Å². The lowest BCUT2D eigenvalue weighted by Crippen LogP contribution is -2.41. The Morgan fingerprint density at radius 2 is 1.74 bits per heavy atom. The number of hydrogen-bond acceptors (Lipinski definition) is 6. The lowest BCUT2D eigenvalue weighted by molar-refractivity contribution is -0.360. The van der Waals surface area contributed by atoms with Crippen molar-refractivity contribution in [3.8, 4) is 22.8 Å². The van der Waals surface area contributed by atoms with Crippen LogP contribution in [0.4, 0.5) is 32.4 Å². The van der Waals surface area contributed by atoms with Crippen LogP contribution in [-0.4, -0.2) is 56.5 Å². The molecule has 0 unspecified atom stereocenters. The third-order valence-electron chi connectivity index (χ3n) is 7.08. The molecule has 0 spiro atoms. The van der Waals surface area contributed by atoms with Crippen LogP contribution in [0.3, 0.4) is 0 Å². The fourth-order valence-electron chi connectivity index (χ4n) is 4.67. The zero-order valence-corrected chi connectivity index (χ0v) is 26.2. The third-order valence-corrected chi connectivity index (χ3v) is 8.01. The van der Waals surface area contributed by atoms with Crippen molar-refractivity contribution in [1.82, 2.24) is 20.1 Å². The highest BCUT2D eigenvalue weighted by molar-refractivity contribution is 8.15. The number of amides is 3. The molecule has 3 aromatic carbocycles. The second kappa shape index (κ2) is 13.5. The Hall–Kier alpha value is -4.79. The average Bonchev–Trinajstić information content (AvgIpc) is 3.64. The second-order valence-corrected chi connectivity index (χ2v) is 11.9. The third kappa shape index (κ3) is 7.79. The molecule has 0 radical (unpaired) electrons. The summed E-state index contributed by atoms with van der Waals surface area (Å²) in [5.41, 5.74) is 4.68. The van der Waals surface area contributed by atoms with Gasteiger partial charge in [0.05, 0.1) is 17.1 Å². The highest BCUT2D eigenvalue weighted by atomic mass is 32.2. The molecule has 1 N–H and O–H groups in total. The summed E-state index contributed by atoms with van der Waals surface area (Å²) in [4.78, 5) is 35.4. The van der Waals surface area contributed by atoms with E-state index in [1.165, 1.54) is 39.8 Å². The van der Waals surface area contributed by atoms with Gasteiger partial charge >= 0.3 is 18.3 Å². The van der Waals surface area contributed by atoms with Gasteiger partial charge in [-0.3, -0.25) is 9.69 Å². The summed E-state index contributed by atoms with van der Waals surface area (Å²) in [6.07, 6.45) is -9.28. The zero-order valence-electron chi connectivity index (χ0n) is 25.4. The number of hydrogen-bond donors (Lipinski definition) is 1. The Labute approximate surface area is 270 Å². The zero-order chi connectivity index (χ0) is 33.9. The number of aliphatic imine (C=N–C) groups is 1. The van der Waals surface area contributed by atoms with Crippen LogP contribution >= 0.6 is 11.8 Å². The predicted molar refractivity (Wildman–Crippen MR) is 168 cm³/mol. The summed E-state index contributed by atoms with van der Waals surface area (Å²) >= 11 is 1.22. The van der Waals surface area contributed by atoms with Crippen LogP contribution in [0.2, 0.25) is 0 Å². The van der Waals surface area contributed by atoms with Gasteiger partial charge in [0.1, 0.15) is 12.1 Å². The number of ether oxygens (including phenoxy) is 1. The van der Waals surface area contributed by atoms with Crippen molar-refractivity contribution in [2.75, 3.05) is 17.2 Å². The molecular formula is C32H29F5N6O3S. The van der Waals surface area contributed by atoms with Gasteiger partial charge in [-0.05, 0) is 66.3 Å². The number of nitrogens with one attached hydrogen (secondary N) is 1. The SMILES string of the molecule is Cc1ccc(C(C)C)c(N2C(=O)CSC2=NC(=O)NCCc2ccc(-c3ncn(-c4ccc(OC(F)(F)C(F)(F)F)cc4)n3)cc2)c1. The van der Waals surface area contributed by atoms with Crippen molar-refractivity contribution in [3.63, 3.8) is 0 Å². The summed E-state index contributed by atoms with van der Waals surface area (Å²) < 4.78 is 68.6. The molecule has 1 aliphatic rings. The van der Waals surface area contributed by atoms with Gasteiger partial charge in [-0.25, -0.2) is 14.5 Å². The summed E-state index contributed by atoms with van der Waals surface area (Å²) in [6.45, 7) is 6.34. The van der Waals surface area contributed by atoms with Crippen molar-refractivity contribution >= 4 is 34.6 Å². The monoisotopic (exact) mass is 672 g/mol. The first kappa shape index (κ1) is 33.6. The molecule has 0 aliphatic carbocycles. The van der Waals surface area contributed by atoms with E-state index in [2.05, 4.69) is 25.1 Å². The Balaban J connectivity index is 1.17. The molecule has 0 bridgehead atoms. The van der Waals surface area contributed by atoms with E-state index in [1.54, 1.807) is 12.1 Å². The Kier molecular flexibility index (Phi) is 9.65. The Morgan fingerprint density at radius 1 is 1.04 bits per heavy atom. The number of alkyl halides is 5. The molecule has 1 aromatic heterocycles. The second-order valence-electron chi connectivity index (χ2n) is 10.9. The van der Waals surface area contributed by atoms with E-state index in [0.29, 0.717) is 35.2 Å². The minimum atomic E-state index is -5.84. The maximum atomic E-state index is 13.1. The normalized spacial score (nSPS) is 14.7. The number of urea groups is 1. The number of carbonyl (C=O) groups excluding carboxylic acids is 2. The number of thioether (sulfide) groups is 1. The van der Waals surface area contributed by atoms with Crippen LogP contribution in [0.25, 0.3) is 17.1 Å². The number of benzene rings is 3. The van der Waals surface area contributed by atoms with Gasteiger partial charge in [0.2, 0.25) is 5.91 Å². The van der Waals surface area contributed by atoms with Crippen molar-refractivity contribution in [3.05, 3.63) is 89.7 Å². The first-order valence-corrected chi connectivity index (χ1v) is 15.4. The van der Waals surface area contributed by atoms with Gasteiger partial charge in [-0.1, -0.05) is 62.0 Å². The van der Waals surface area contributed by atoms with Crippen molar-refractivity contribution in [2.24, 2.45) is 4.99 Å². The molecule has 1 saturated heterocycles. The number of halogens is 5. The summed E-state index contributed by atoms with van der Waals surface area (Å²) in [7, 11) is 0.